The predicted octanol–water partition coefficient (Wildman–Crippen LogP) is 3.09. The molecule has 0 spiro atoms. The molecule has 1 aromatic carbocycles. The quantitative estimate of drug-likeness (QED) is 0.492. The number of nitro benzene ring substituents is 1. The molecule has 2 rings (SSSR count). The molecule has 100 valence electrons. The van der Waals surface area contributed by atoms with Crippen LogP contribution in [-0.4, -0.2) is 19.9 Å². The average molecular weight is 281 g/mol. The average Bonchev–Trinajstić information content (AvgIpc) is 2.80. The van der Waals surface area contributed by atoms with Crippen LogP contribution in [0.25, 0.3) is 5.69 Å². The lowest BCUT2D eigenvalue weighted by molar-refractivity contribution is -0.385. The monoisotopic (exact) mass is 280 g/mol. The molecule has 0 amide bonds. The fourth-order valence-electron chi connectivity index (χ4n) is 1.81. The number of rotatable bonds is 3. The van der Waals surface area contributed by atoms with E-state index in [-0.39, 0.29) is 16.0 Å². The first-order valence-corrected chi connectivity index (χ1v) is 6.16. The van der Waals surface area contributed by atoms with Gasteiger partial charge >= 0.3 is 0 Å². The van der Waals surface area contributed by atoms with Crippen molar-refractivity contribution in [1.29, 1.82) is 0 Å². The fraction of sp³-hybridized carbons (Fsp3) is 0.333. The molecule has 0 saturated carbocycles. The summed E-state index contributed by atoms with van der Waals surface area (Å²) in [6, 6.07) is 3.26. The highest BCUT2D eigenvalue weighted by atomic mass is 35.5. The molecule has 0 aliphatic heterocycles. The van der Waals surface area contributed by atoms with Gasteiger partial charge in [-0.25, -0.2) is 4.68 Å². The van der Waals surface area contributed by atoms with E-state index in [1.807, 2.05) is 6.92 Å². The summed E-state index contributed by atoms with van der Waals surface area (Å²) in [6.07, 6.45) is 1.73. The van der Waals surface area contributed by atoms with Crippen LogP contribution in [0, 0.1) is 24.0 Å². The number of hydrogen-bond donors (Lipinski definition) is 0. The van der Waals surface area contributed by atoms with Crippen molar-refractivity contribution in [2.75, 3.05) is 0 Å². The van der Waals surface area contributed by atoms with E-state index in [1.165, 1.54) is 6.07 Å². The van der Waals surface area contributed by atoms with Crippen LogP contribution in [0.5, 0.6) is 0 Å². The van der Waals surface area contributed by atoms with Crippen molar-refractivity contribution in [3.05, 3.63) is 45.3 Å². The Bertz CT molecular complexity index is 637. The number of halogens is 1. The number of hydrogen-bond acceptors (Lipinski definition) is 4. The van der Waals surface area contributed by atoms with Gasteiger partial charge in [-0.3, -0.25) is 10.1 Å². The SMILES string of the molecule is Cc1cc([N+](=O)[O-])c(C)cc1-n1cc(C(C)Cl)nn1. The van der Waals surface area contributed by atoms with E-state index < -0.39 is 0 Å². The van der Waals surface area contributed by atoms with Crippen LogP contribution in [0.4, 0.5) is 5.69 Å². The molecule has 1 aromatic heterocycles. The van der Waals surface area contributed by atoms with E-state index in [4.69, 9.17) is 11.6 Å². The Hall–Kier alpha value is -1.95. The van der Waals surface area contributed by atoms with Gasteiger partial charge in [0.2, 0.25) is 0 Å². The predicted molar refractivity (Wildman–Crippen MR) is 71.8 cm³/mol. The van der Waals surface area contributed by atoms with Gasteiger partial charge < -0.3 is 0 Å². The zero-order valence-electron chi connectivity index (χ0n) is 10.8. The largest absolute Gasteiger partial charge is 0.272 e. The summed E-state index contributed by atoms with van der Waals surface area (Å²) in [5.74, 6) is 0. The standard InChI is InChI=1S/C12H13ClN4O2/c1-7-5-12(17(18)19)8(2)4-11(7)16-6-10(9(3)13)14-15-16/h4-6,9H,1-3H3. The summed E-state index contributed by atoms with van der Waals surface area (Å²) < 4.78 is 1.58. The molecule has 0 aliphatic rings. The molecule has 0 radical (unpaired) electrons. The topological polar surface area (TPSA) is 73.8 Å². The minimum Gasteiger partial charge on any atom is -0.258 e. The van der Waals surface area contributed by atoms with Gasteiger partial charge in [-0.15, -0.1) is 16.7 Å². The number of nitro groups is 1. The maximum Gasteiger partial charge on any atom is 0.272 e. The number of nitrogens with zero attached hydrogens (tertiary/aromatic N) is 4. The molecule has 19 heavy (non-hydrogen) atoms. The minimum absolute atomic E-state index is 0.104. The molecule has 2 aromatic rings. The lowest BCUT2D eigenvalue weighted by Crippen LogP contribution is -2.01. The molecule has 0 aliphatic carbocycles. The molecule has 0 bridgehead atoms. The van der Waals surface area contributed by atoms with E-state index in [0.29, 0.717) is 11.3 Å². The van der Waals surface area contributed by atoms with Gasteiger partial charge in [-0.1, -0.05) is 5.21 Å². The van der Waals surface area contributed by atoms with Crippen LogP contribution < -0.4 is 0 Å². The van der Waals surface area contributed by atoms with Crippen molar-refractivity contribution < 1.29 is 4.92 Å². The van der Waals surface area contributed by atoms with Crippen LogP contribution in [0.15, 0.2) is 18.3 Å². The van der Waals surface area contributed by atoms with Crippen LogP contribution in [-0.2, 0) is 0 Å². The van der Waals surface area contributed by atoms with Crippen molar-refractivity contribution in [2.45, 2.75) is 26.1 Å². The molecule has 0 fully saturated rings. The molecule has 0 saturated heterocycles. The summed E-state index contributed by atoms with van der Waals surface area (Å²) >= 11 is 5.94. The highest BCUT2D eigenvalue weighted by Gasteiger charge is 2.15. The van der Waals surface area contributed by atoms with Gasteiger partial charge in [0.05, 0.1) is 22.2 Å². The van der Waals surface area contributed by atoms with Crippen molar-refractivity contribution in [3.8, 4) is 5.69 Å². The second-order valence-corrected chi connectivity index (χ2v) is 5.04. The zero-order valence-corrected chi connectivity index (χ0v) is 11.5. The van der Waals surface area contributed by atoms with Crippen LogP contribution in [0.1, 0.15) is 29.1 Å². The van der Waals surface area contributed by atoms with Crippen molar-refractivity contribution >= 4 is 17.3 Å². The normalized spacial score (nSPS) is 12.4. The summed E-state index contributed by atoms with van der Waals surface area (Å²) in [6.45, 7) is 5.31. The second-order valence-electron chi connectivity index (χ2n) is 4.39. The maximum absolute atomic E-state index is 10.9. The van der Waals surface area contributed by atoms with Gasteiger partial charge in [0.15, 0.2) is 0 Å². The Morgan fingerprint density at radius 2 is 2.05 bits per heavy atom. The van der Waals surface area contributed by atoms with Crippen LogP contribution in [0.2, 0.25) is 0 Å². The summed E-state index contributed by atoms with van der Waals surface area (Å²) in [7, 11) is 0. The van der Waals surface area contributed by atoms with Crippen LogP contribution >= 0.6 is 11.6 Å². The van der Waals surface area contributed by atoms with Gasteiger partial charge in [-0.2, -0.15) is 0 Å². The van der Waals surface area contributed by atoms with E-state index in [9.17, 15) is 10.1 Å². The van der Waals surface area contributed by atoms with Gasteiger partial charge in [-0.05, 0) is 32.4 Å². The first kappa shape index (κ1) is 13.5. The van der Waals surface area contributed by atoms with Gasteiger partial charge in [0, 0.05) is 11.6 Å². The molecule has 1 heterocycles. The minimum atomic E-state index is -0.389. The highest BCUT2D eigenvalue weighted by Crippen LogP contribution is 2.25. The highest BCUT2D eigenvalue weighted by molar-refractivity contribution is 6.20. The van der Waals surface area contributed by atoms with Gasteiger partial charge in [0.25, 0.3) is 5.69 Å². The third-order valence-corrected chi connectivity index (χ3v) is 3.10. The Morgan fingerprint density at radius 3 is 2.58 bits per heavy atom. The maximum atomic E-state index is 10.9. The van der Waals surface area contributed by atoms with E-state index in [2.05, 4.69) is 10.3 Å². The van der Waals surface area contributed by atoms with Crippen LogP contribution in [0.3, 0.4) is 0 Å². The zero-order chi connectivity index (χ0) is 14.2. The Morgan fingerprint density at radius 1 is 1.37 bits per heavy atom. The lowest BCUT2D eigenvalue weighted by atomic mass is 10.1. The van der Waals surface area contributed by atoms with E-state index in [1.54, 1.807) is 30.8 Å². The molecule has 1 atom stereocenters. The summed E-state index contributed by atoms with van der Waals surface area (Å²) in [5, 5.41) is 18.6. The second kappa shape index (κ2) is 4.97. The molecule has 0 N–H and O–H groups in total. The molecule has 6 nitrogen and oxygen atoms in total. The van der Waals surface area contributed by atoms with Crippen molar-refractivity contribution in [2.24, 2.45) is 0 Å². The first-order chi connectivity index (χ1) is 8.90. The fourth-order valence-corrected chi connectivity index (χ4v) is 1.91. The van der Waals surface area contributed by atoms with Crippen molar-refractivity contribution in [1.82, 2.24) is 15.0 Å². The summed E-state index contributed by atoms with van der Waals surface area (Å²) in [4.78, 5) is 10.5. The molecule has 1 unspecified atom stereocenters. The Balaban J connectivity index is 2.50. The van der Waals surface area contributed by atoms with E-state index in [0.717, 1.165) is 11.3 Å². The smallest absolute Gasteiger partial charge is 0.258 e. The molecule has 7 heteroatoms. The molecular weight excluding hydrogens is 268 g/mol. The van der Waals surface area contributed by atoms with Crippen molar-refractivity contribution in [3.63, 3.8) is 0 Å². The number of benzene rings is 1. The first-order valence-electron chi connectivity index (χ1n) is 5.72. The summed E-state index contributed by atoms with van der Waals surface area (Å²) in [5.41, 5.74) is 2.88. The Kier molecular flexibility index (Phi) is 3.53. The number of aromatic nitrogens is 3. The third-order valence-electron chi connectivity index (χ3n) is 2.88. The van der Waals surface area contributed by atoms with Gasteiger partial charge in [0.1, 0.15) is 5.69 Å². The Labute approximate surface area is 115 Å². The third kappa shape index (κ3) is 2.58. The molecular formula is C12H13ClN4O2. The lowest BCUT2D eigenvalue weighted by Gasteiger charge is -2.07. The number of aryl methyl sites for hydroxylation is 2. The van der Waals surface area contributed by atoms with E-state index >= 15 is 0 Å². The number of alkyl halides is 1.